The third kappa shape index (κ3) is 2.95. The van der Waals surface area contributed by atoms with Crippen LogP contribution in [0.2, 0.25) is 0 Å². The van der Waals surface area contributed by atoms with Gasteiger partial charge in [-0.3, -0.25) is 14.9 Å². The van der Waals surface area contributed by atoms with Gasteiger partial charge in [-0.2, -0.15) is 0 Å². The van der Waals surface area contributed by atoms with Crippen molar-refractivity contribution in [3.8, 4) is 0 Å². The van der Waals surface area contributed by atoms with Crippen LogP contribution in [0.15, 0.2) is 54.6 Å². The molecule has 2 aromatic carbocycles. The van der Waals surface area contributed by atoms with Gasteiger partial charge in [-0.1, -0.05) is 18.2 Å². The summed E-state index contributed by atoms with van der Waals surface area (Å²) in [6.45, 7) is 1.40. The Kier molecular flexibility index (Phi) is 4.32. The number of nitrogens with zero attached hydrogens (tertiary/aromatic N) is 3. The van der Waals surface area contributed by atoms with Gasteiger partial charge < -0.3 is 9.94 Å². The van der Waals surface area contributed by atoms with Gasteiger partial charge in [-0.25, -0.2) is 0 Å². The fourth-order valence-corrected chi connectivity index (χ4v) is 2.59. The maximum absolute atomic E-state index is 12.5. The quantitative estimate of drug-likeness (QED) is 0.236. The van der Waals surface area contributed by atoms with E-state index in [4.69, 9.17) is 0 Å². The highest BCUT2D eigenvalue weighted by Gasteiger charge is 2.24. The Morgan fingerprint density at radius 2 is 1.81 bits per heavy atom. The molecule has 0 fully saturated rings. The molecule has 0 spiro atoms. The zero-order chi connectivity index (χ0) is 18.8. The topological polar surface area (TPSA) is 111 Å². The van der Waals surface area contributed by atoms with Crippen LogP contribution in [0.3, 0.4) is 0 Å². The largest absolute Gasteiger partial charge is 0.805 e. The molecule has 8 nitrogen and oxygen atoms in total. The van der Waals surface area contributed by atoms with Crippen molar-refractivity contribution in [3.05, 3.63) is 91.8 Å². The van der Waals surface area contributed by atoms with E-state index in [1.807, 2.05) is 0 Å². The molecular weight excluding hydrogens is 338 g/mol. The minimum Gasteiger partial charge on any atom is -0.805 e. The van der Waals surface area contributed by atoms with Crippen molar-refractivity contribution in [3.63, 3.8) is 0 Å². The number of para-hydroxylation sites is 2. The Morgan fingerprint density at radius 1 is 1.15 bits per heavy atom. The van der Waals surface area contributed by atoms with Gasteiger partial charge in [0.2, 0.25) is 0 Å². The van der Waals surface area contributed by atoms with Gasteiger partial charge in [0.1, 0.15) is 5.52 Å². The molecule has 26 heavy (non-hydrogen) atoms. The second-order valence-electron chi connectivity index (χ2n) is 5.56. The number of nitro groups is 1. The van der Waals surface area contributed by atoms with E-state index >= 15 is 0 Å². The predicted molar refractivity (Wildman–Crippen MR) is 95.3 cm³/mol. The van der Waals surface area contributed by atoms with Gasteiger partial charge >= 0.3 is 5.69 Å². The SMILES string of the molecule is Cc1c(C(=O)/C=C/c2ccc([N+](=O)[O-])cc2)[n+](=O)c2ccccc2n1[O-]. The second-order valence-corrected chi connectivity index (χ2v) is 5.56. The number of non-ortho nitro benzene ring substituents is 1. The molecule has 0 N–H and O–H groups in total. The number of carbonyl (C=O) groups is 1. The molecule has 0 aliphatic carbocycles. The van der Waals surface area contributed by atoms with E-state index in [-0.39, 0.29) is 28.1 Å². The van der Waals surface area contributed by atoms with Gasteiger partial charge in [-0.05, 0) is 36.8 Å². The van der Waals surface area contributed by atoms with Crippen molar-refractivity contribution in [2.75, 3.05) is 0 Å². The lowest BCUT2D eigenvalue weighted by molar-refractivity contribution is -0.468. The molecule has 8 heteroatoms. The van der Waals surface area contributed by atoms with Crippen molar-refractivity contribution in [2.45, 2.75) is 6.92 Å². The Balaban J connectivity index is 2.00. The van der Waals surface area contributed by atoms with E-state index in [2.05, 4.69) is 0 Å². The van der Waals surface area contributed by atoms with E-state index in [9.17, 15) is 25.0 Å². The summed E-state index contributed by atoms with van der Waals surface area (Å²) in [6.07, 6.45) is 2.59. The van der Waals surface area contributed by atoms with Crippen molar-refractivity contribution in [1.29, 1.82) is 0 Å². The normalized spacial score (nSPS) is 11.1. The lowest BCUT2D eigenvalue weighted by atomic mass is 10.1. The van der Waals surface area contributed by atoms with Gasteiger partial charge in [0.25, 0.3) is 17.0 Å². The fraction of sp³-hybridized carbons (Fsp3) is 0.0556. The Hall–Kier alpha value is -3.81. The summed E-state index contributed by atoms with van der Waals surface area (Å²) in [5.41, 5.74) is 0.489. The zero-order valence-corrected chi connectivity index (χ0v) is 13.7. The smallest absolute Gasteiger partial charge is 0.329 e. The van der Waals surface area contributed by atoms with Crippen molar-refractivity contribution in [2.24, 2.45) is 0 Å². The summed E-state index contributed by atoms with van der Waals surface area (Å²) in [7, 11) is 0. The predicted octanol–water partition coefficient (Wildman–Crippen LogP) is 3.01. The first-order valence-electron chi connectivity index (χ1n) is 7.61. The molecule has 0 aliphatic rings. The second kappa shape index (κ2) is 6.60. The van der Waals surface area contributed by atoms with E-state index in [1.165, 1.54) is 49.4 Å². The maximum atomic E-state index is 12.5. The Labute approximate surface area is 147 Å². The number of carbonyl (C=O) groups excluding carboxylic acids is 1. The van der Waals surface area contributed by atoms with Crippen LogP contribution in [0, 0.1) is 27.2 Å². The van der Waals surface area contributed by atoms with Crippen LogP contribution in [-0.4, -0.2) is 15.4 Å². The van der Waals surface area contributed by atoms with Crippen molar-refractivity contribution in [1.82, 2.24) is 4.73 Å². The number of hydrogen-bond donors (Lipinski definition) is 0. The molecule has 0 unspecified atom stereocenters. The highest BCUT2D eigenvalue weighted by molar-refractivity contribution is 6.05. The molecule has 0 radical (unpaired) electrons. The first-order chi connectivity index (χ1) is 12.4. The molecular formula is C18H13N3O5. The molecule has 1 heterocycles. The van der Waals surface area contributed by atoms with Crippen LogP contribution in [0.4, 0.5) is 5.69 Å². The van der Waals surface area contributed by atoms with Crippen LogP contribution in [0.5, 0.6) is 0 Å². The minimum absolute atomic E-state index is 0.00273. The summed E-state index contributed by atoms with van der Waals surface area (Å²) in [4.78, 5) is 35.1. The molecule has 0 atom stereocenters. The average molecular weight is 351 g/mol. The number of aromatic nitrogens is 2. The van der Waals surface area contributed by atoms with Crippen molar-refractivity contribution < 1.29 is 14.1 Å². The van der Waals surface area contributed by atoms with Crippen molar-refractivity contribution >= 4 is 28.6 Å². The zero-order valence-electron chi connectivity index (χ0n) is 13.7. The molecule has 0 amide bonds. The van der Waals surface area contributed by atoms with Gasteiger partial charge in [-0.15, -0.1) is 0 Å². The number of allylic oxidation sites excluding steroid dienone is 1. The van der Waals surface area contributed by atoms with Gasteiger partial charge in [0, 0.05) is 23.1 Å². The Morgan fingerprint density at radius 3 is 2.46 bits per heavy atom. The van der Waals surface area contributed by atoms with Crippen LogP contribution in [0.1, 0.15) is 21.7 Å². The first kappa shape index (κ1) is 17.0. The molecule has 0 saturated carbocycles. The third-order valence-electron chi connectivity index (χ3n) is 3.93. The lowest BCUT2D eigenvalue weighted by Crippen LogP contribution is -2.29. The fourth-order valence-electron chi connectivity index (χ4n) is 2.59. The molecule has 0 saturated heterocycles. The van der Waals surface area contributed by atoms with Crippen LogP contribution in [0.25, 0.3) is 17.1 Å². The van der Waals surface area contributed by atoms with E-state index in [0.717, 1.165) is 6.08 Å². The molecule has 1 aromatic heterocycles. The third-order valence-corrected chi connectivity index (χ3v) is 3.93. The summed E-state index contributed by atoms with van der Waals surface area (Å²) in [5, 5.41) is 22.9. The number of hydrogen-bond acceptors (Lipinski definition) is 5. The van der Waals surface area contributed by atoms with Gasteiger partial charge in [0.15, 0.2) is 0 Å². The van der Waals surface area contributed by atoms with Crippen LogP contribution in [-0.2, 0) is 0 Å². The first-order valence-corrected chi connectivity index (χ1v) is 7.61. The van der Waals surface area contributed by atoms with E-state index in [1.54, 1.807) is 12.1 Å². The number of ketones is 1. The highest BCUT2D eigenvalue weighted by Crippen LogP contribution is 2.16. The highest BCUT2D eigenvalue weighted by atomic mass is 16.6. The van der Waals surface area contributed by atoms with Gasteiger partial charge in [0.05, 0.1) is 15.0 Å². The maximum Gasteiger partial charge on any atom is 0.329 e. The molecule has 0 aliphatic heterocycles. The Bertz CT molecular complexity index is 1110. The standard InChI is InChI=1S/C18H13N3O5/c1-12-18(20(24)16-5-3-2-4-15(16)19(12)23)17(22)11-8-13-6-9-14(10-7-13)21(25)26/h2-11H,1H3/b11-8+. The van der Waals surface area contributed by atoms with E-state index in [0.29, 0.717) is 14.7 Å². The van der Waals surface area contributed by atoms with Crippen LogP contribution < -0.4 is 4.43 Å². The van der Waals surface area contributed by atoms with Crippen LogP contribution >= 0.6 is 0 Å². The lowest BCUT2D eigenvalue weighted by Gasteiger charge is -2.15. The molecule has 0 bridgehead atoms. The number of fused-ring (bicyclic) bond motifs is 1. The molecule has 130 valence electrons. The number of nitro benzene ring substituents is 1. The summed E-state index contributed by atoms with van der Waals surface area (Å²) in [5.74, 6) is -0.633. The monoisotopic (exact) mass is 351 g/mol. The summed E-state index contributed by atoms with van der Waals surface area (Å²) in [6, 6.07) is 11.8. The number of benzene rings is 2. The summed E-state index contributed by atoms with van der Waals surface area (Å²) < 4.78 is 0.998. The number of rotatable bonds is 4. The average Bonchev–Trinajstić information content (AvgIpc) is 2.65. The van der Waals surface area contributed by atoms with E-state index < -0.39 is 10.7 Å². The molecule has 3 aromatic rings. The summed E-state index contributed by atoms with van der Waals surface area (Å²) >= 11 is 0. The minimum atomic E-state index is -0.633. The molecule has 3 rings (SSSR count).